The number of rotatable bonds is 4. The molecule has 0 spiro atoms. The molecule has 0 saturated carbocycles. The van der Waals surface area contributed by atoms with Crippen molar-refractivity contribution in [2.24, 2.45) is 11.8 Å². The highest BCUT2D eigenvalue weighted by molar-refractivity contribution is 5.79. The van der Waals surface area contributed by atoms with E-state index >= 15 is 0 Å². The first kappa shape index (κ1) is 17.8. The molecular formula is C20H35N3O. The van der Waals surface area contributed by atoms with Crippen LogP contribution in [-0.2, 0) is 4.79 Å². The average Bonchev–Trinajstić information content (AvgIpc) is 3.12. The Balaban J connectivity index is 1.44. The van der Waals surface area contributed by atoms with Crippen molar-refractivity contribution in [2.75, 3.05) is 39.3 Å². The molecule has 0 unspecified atom stereocenters. The van der Waals surface area contributed by atoms with Crippen molar-refractivity contribution in [3.8, 4) is 0 Å². The summed E-state index contributed by atoms with van der Waals surface area (Å²) in [6.07, 6.45) is 7.40. The van der Waals surface area contributed by atoms with Crippen LogP contribution < -0.4 is 0 Å². The first-order valence-corrected chi connectivity index (χ1v) is 10.0. The monoisotopic (exact) mass is 333 g/mol. The van der Waals surface area contributed by atoms with E-state index in [1.165, 1.54) is 45.2 Å². The molecule has 3 heterocycles. The van der Waals surface area contributed by atoms with E-state index < -0.39 is 0 Å². The average molecular weight is 334 g/mol. The van der Waals surface area contributed by atoms with Crippen LogP contribution in [0.4, 0.5) is 0 Å². The van der Waals surface area contributed by atoms with E-state index in [4.69, 9.17) is 0 Å². The zero-order valence-corrected chi connectivity index (χ0v) is 15.7. The van der Waals surface area contributed by atoms with E-state index in [-0.39, 0.29) is 5.92 Å². The van der Waals surface area contributed by atoms with Crippen LogP contribution in [-0.4, -0.2) is 65.9 Å². The van der Waals surface area contributed by atoms with Crippen molar-refractivity contribution in [3.05, 3.63) is 12.3 Å². The number of carbonyl (C=O) groups is 1. The lowest BCUT2D eigenvalue weighted by molar-refractivity contribution is -0.136. The lowest BCUT2D eigenvalue weighted by atomic mass is 9.91. The third kappa shape index (κ3) is 3.96. The van der Waals surface area contributed by atoms with Crippen molar-refractivity contribution in [2.45, 2.75) is 58.4 Å². The number of nitrogens with zero attached hydrogens (tertiary/aromatic N) is 3. The van der Waals surface area contributed by atoms with Gasteiger partial charge in [0.15, 0.2) is 0 Å². The van der Waals surface area contributed by atoms with Crippen LogP contribution in [0.1, 0.15) is 52.4 Å². The molecule has 4 heteroatoms. The van der Waals surface area contributed by atoms with Gasteiger partial charge in [-0.15, -0.1) is 0 Å². The molecule has 0 aromatic heterocycles. The van der Waals surface area contributed by atoms with Gasteiger partial charge in [0, 0.05) is 37.9 Å². The van der Waals surface area contributed by atoms with Crippen LogP contribution in [0.15, 0.2) is 12.3 Å². The third-order valence-electron chi connectivity index (χ3n) is 6.60. The van der Waals surface area contributed by atoms with Crippen molar-refractivity contribution >= 4 is 5.91 Å². The van der Waals surface area contributed by atoms with E-state index in [9.17, 15) is 4.79 Å². The smallest absolute Gasteiger partial charge is 0.227 e. The maximum atomic E-state index is 12.8. The van der Waals surface area contributed by atoms with E-state index in [0.717, 1.165) is 44.2 Å². The lowest BCUT2D eigenvalue weighted by Gasteiger charge is -2.42. The molecule has 3 rings (SSSR count). The summed E-state index contributed by atoms with van der Waals surface area (Å²) in [6.45, 7) is 14.7. The standard InChI is InChI=1S/C20H35N3O/c1-4-17-5-10-21(11-6-17)19-8-13-22(14-9-19)20(24)18-7-12-23(15-18)16(2)3/h17-19H,2,4-15H2,1,3H3/t18-/m0/s1. The molecule has 136 valence electrons. The second kappa shape index (κ2) is 7.90. The van der Waals surface area contributed by atoms with Crippen molar-refractivity contribution in [1.29, 1.82) is 0 Å². The number of carbonyl (C=O) groups excluding carboxylic acids is 1. The van der Waals surface area contributed by atoms with Crippen LogP contribution in [0.3, 0.4) is 0 Å². The fourth-order valence-corrected chi connectivity index (χ4v) is 4.74. The summed E-state index contributed by atoms with van der Waals surface area (Å²) < 4.78 is 0. The van der Waals surface area contributed by atoms with Gasteiger partial charge in [-0.2, -0.15) is 0 Å². The molecule has 0 N–H and O–H groups in total. The molecule has 0 aromatic carbocycles. The maximum absolute atomic E-state index is 12.8. The van der Waals surface area contributed by atoms with Crippen LogP contribution in [0.2, 0.25) is 0 Å². The Morgan fingerprint density at radius 2 is 1.58 bits per heavy atom. The summed E-state index contributed by atoms with van der Waals surface area (Å²) in [6, 6.07) is 0.711. The summed E-state index contributed by atoms with van der Waals surface area (Å²) in [5.74, 6) is 1.53. The molecule has 24 heavy (non-hydrogen) atoms. The summed E-state index contributed by atoms with van der Waals surface area (Å²) in [7, 11) is 0. The number of hydrogen-bond acceptors (Lipinski definition) is 3. The molecule has 4 nitrogen and oxygen atoms in total. The molecule has 3 aliphatic rings. The minimum absolute atomic E-state index is 0.193. The Morgan fingerprint density at radius 3 is 2.12 bits per heavy atom. The largest absolute Gasteiger partial charge is 0.375 e. The Kier molecular flexibility index (Phi) is 5.85. The molecule has 1 atom stereocenters. The van der Waals surface area contributed by atoms with Gasteiger partial charge in [-0.05, 0) is 58.0 Å². The highest BCUT2D eigenvalue weighted by atomic mass is 16.2. The molecule has 1 amide bonds. The molecule has 0 aliphatic carbocycles. The summed E-state index contributed by atoms with van der Waals surface area (Å²) >= 11 is 0. The van der Waals surface area contributed by atoms with Gasteiger partial charge in [-0.3, -0.25) is 4.79 Å². The third-order valence-corrected chi connectivity index (χ3v) is 6.60. The predicted molar refractivity (Wildman–Crippen MR) is 98.7 cm³/mol. The molecule has 0 radical (unpaired) electrons. The van der Waals surface area contributed by atoms with E-state index in [2.05, 4.69) is 28.2 Å². The zero-order valence-electron chi connectivity index (χ0n) is 15.7. The topological polar surface area (TPSA) is 26.8 Å². The van der Waals surface area contributed by atoms with Gasteiger partial charge < -0.3 is 14.7 Å². The minimum atomic E-state index is 0.193. The van der Waals surface area contributed by atoms with Gasteiger partial charge in [-0.1, -0.05) is 19.9 Å². The highest BCUT2D eigenvalue weighted by Gasteiger charge is 2.34. The number of allylic oxidation sites excluding steroid dienone is 1. The Labute approximate surface area is 147 Å². The zero-order chi connectivity index (χ0) is 17.1. The number of likely N-dealkylation sites (tertiary alicyclic amines) is 3. The summed E-state index contributed by atoms with van der Waals surface area (Å²) in [5, 5.41) is 0. The van der Waals surface area contributed by atoms with Gasteiger partial charge in [0.2, 0.25) is 5.91 Å². The molecular weight excluding hydrogens is 298 g/mol. The predicted octanol–water partition coefficient (Wildman–Crippen LogP) is 2.95. The van der Waals surface area contributed by atoms with Crippen LogP contribution in [0, 0.1) is 11.8 Å². The number of piperidine rings is 2. The Morgan fingerprint density at radius 1 is 0.958 bits per heavy atom. The van der Waals surface area contributed by atoms with Crippen molar-refractivity contribution in [1.82, 2.24) is 14.7 Å². The Bertz CT molecular complexity index is 448. The second-order valence-electron chi connectivity index (χ2n) is 8.11. The summed E-state index contributed by atoms with van der Waals surface area (Å²) in [5.41, 5.74) is 1.10. The summed E-state index contributed by atoms with van der Waals surface area (Å²) in [4.78, 5) is 19.9. The number of hydrogen-bond donors (Lipinski definition) is 0. The maximum Gasteiger partial charge on any atom is 0.227 e. The second-order valence-corrected chi connectivity index (χ2v) is 8.11. The van der Waals surface area contributed by atoms with Gasteiger partial charge in [-0.25, -0.2) is 0 Å². The molecule has 3 saturated heterocycles. The van der Waals surface area contributed by atoms with Gasteiger partial charge in [0.25, 0.3) is 0 Å². The van der Waals surface area contributed by atoms with E-state index in [0.29, 0.717) is 11.9 Å². The van der Waals surface area contributed by atoms with Crippen molar-refractivity contribution < 1.29 is 4.79 Å². The first-order valence-electron chi connectivity index (χ1n) is 10.0. The van der Waals surface area contributed by atoms with Crippen LogP contribution in [0.25, 0.3) is 0 Å². The SMILES string of the molecule is C=C(C)N1CC[C@H](C(=O)N2CCC(N3CCC(CC)CC3)CC2)C1. The van der Waals surface area contributed by atoms with E-state index in [1.807, 2.05) is 6.92 Å². The lowest BCUT2D eigenvalue weighted by Crippen LogP contribution is -2.50. The molecule has 3 aliphatic heterocycles. The van der Waals surface area contributed by atoms with Crippen LogP contribution >= 0.6 is 0 Å². The van der Waals surface area contributed by atoms with Gasteiger partial charge in [0.1, 0.15) is 0 Å². The fourth-order valence-electron chi connectivity index (χ4n) is 4.74. The van der Waals surface area contributed by atoms with Crippen molar-refractivity contribution in [3.63, 3.8) is 0 Å². The quantitative estimate of drug-likeness (QED) is 0.791. The van der Waals surface area contributed by atoms with E-state index in [1.54, 1.807) is 0 Å². The molecule has 0 bridgehead atoms. The van der Waals surface area contributed by atoms with Crippen LogP contribution in [0.5, 0.6) is 0 Å². The molecule has 0 aromatic rings. The normalized spacial score (nSPS) is 27.7. The van der Waals surface area contributed by atoms with Gasteiger partial charge in [0.05, 0.1) is 5.92 Å². The highest BCUT2D eigenvalue weighted by Crippen LogP contribution is 2.27. The van der Waals surface area contributed by atoms with Gasteiger partial charge >= 0.3 is 0 Å². The number of amides is 1. The minimum Gasteiger partial charge on any atom is -0.375 e. The Hall–Kier alpha value is -1.03. The fraction of sp³-hybridized carbons (Fsp3) is 0.850. The molecule has 3 fully saturated rings. The first-order chi connectivity index (χ1) is 11.6.